The molecule has 0 spiro atoms. The Balaban J connectivity index is 2.87. The molecule has 1 heterocycles. The molecule has 4 heteroatoms. The Morgan fingerprint density at radius 2 is 1.88 bits per heavy atom. The van der Waals surface area contributed by atoms with Gasteiger partial charge in [0.05, 0.1) is 6.10 Å². The van der Waals surface area contributed by atoms with Gasteiger partial charge in [0.2, 0.25) is 0 Å². The Hall–Kier alpha value is -1.00. The quantitative estimate of drug-likeness (QED) is 0.849. The van der Waals surface area contributed by atoms with E-state index in [4.69, 9.17) is 4.74 Å². The van der Waals surface area contributed by atoms with Crippen molar-refractivity contribution in [1.29, 1.82) is 0 Å². The lowest BCUT2D eigenvalue weighted by atomic mass is 9.84. The maximum atomic E-state index is 10.2. The lowest BCUT2D eigenvalue weighted by Gasteiger charge is -2.34. The Labute approximate surface area is 96.7 Å². The predicted octanol–water partition coefficient (Wildman–Crippen LogP) is 1.96. The summed E-state index contributed by atoms with van der Waals surface area (Å²) in [4.78, 5) is 7.81. The van der Waals surface area contributed by atoms with Gasteiger partial charge in [0, 0.05) is 24.6 Å². The molecular weight excluding hydrogens is 204 g/mol. The highest BCUT2D eigenvalue weighted by Crippen LogP contribution is 2.32. The molecule has 0 amide bonds. The van der Waals surface area contributed by atoms with E-state index >= 15 is 0 Å². The van der Waals surface area contributed by atoms with Gasteiger partial charge in [0.25, 0.3) is 0 Å². The molecule has 90 valence electrons. The average molecular weight is 224 g/mol. The normalized spacial score (nSPS) is 15.8. The molecule has 1 aromatic rings. The van der Waals surface area contributed by atoms with E-state index < -0.39 is 6.10 Å². The number of nitrogens with zero attached hydrogens (tertiary/aromatic N) is 2. The summed E-state index contributed by atoms with van der Waals surface area (Å²) in [6.45, 7) is 8.63. The summed E-state index contributed by atoms with van der Waals surface area (Å²) < 4.78 is 5.62. The summed E-state index contributed by atoms with van der Waals surface area (Å²) >= 11 is 0. The lowest BCUT2D eigenvalue weighted by Crippen LogP contribution is -2.35. The molecule has 0 aliphatic rings. The monoisotopic (exact) mass is 224 g/mol. The van der Waals surface area contributed by atoms with Crippen molar-refractivity contribution in [3.8, 4) is 0 Å². The number of ether oxygens (including phenoxy) is 1. The predicted molar refractivity (Wildman–Crippen MR) is 61.9 cm³/mol. The second-order valence-corrected chi connectivity index (χ2v) is 4.86. The van der Waals surface area contributed by atoms with Crippen molar-refractivity contribution in [3.63, 3.8) is 0 Å². The summed E-state index contributed by atoms with van der Waals surface area (Å²) in [5.41, 5.74) is 0.557. The largest absolute Gasteiger partial charge is 0.386 e. The number of aliphatic hydroxyl groups excluding tert-OH is 1. The molecule has 0 saturated carbocycles. The van der Waals surface area contributed by atoms with E-state index in [1.165, 1.54) is 6.33 Å². The molecule has 0 aliphatic carbocycles. The molecule has 4 nitrogen and oxygen atoms in total. The summed E-state index contributed by atoms with van der Waals surface area (Å²) in [6, 6.07) is 0. The summed E-state index contributed by atoms with van der Waals surface area (Å²) in [7, 11) is 0. The second kappa shape index (κ2) is 5.37. The molecular formula is C12H20N2O2. The van der Waals surface area contributed by atoms with Crippen LogP contribution >= 0.6 is 0 Å². The van der Waals surface area contributed by atoms with Gasteiger partial charge in [-0.25, -0.2) is 9.97 Å². The highest BCUT2D eigenvalue weighted by Gasteiger charge is 2.32. The molecule has 2 unspecified atom stereocenters. The third-order valence-corrected chi connectivity index (χ3v) is 2.41. The molecule has 1 N–H and O–H groups in total. The van der Waals surface area contributed by atoms with Crippen LogP contribution in [0.5, 0.6) is 0 Å². The van der Waals surface area contributed by atoms with Crippen molar-refractivity contribution >= 4 is 0 Å². The summed E-state index contributed by atoms with van der Waals surface area (Å²) in [6.07, 6.45) is 3.73. The van der Waals surface area contributed by atoms with Crippen LogP contribution in [-0.2, 0) is 4.74 Å². The SMILES string of the molecule is CCOC(C(O)c1cncnc1)C(C)(C)C. The van der Waals surface area contributed by atoms with Crippen molar-refractivity contribution in [2.75, 3.05) is 6.61 Å². The Morgan fingerprint density at radius 1 is 1.31 bits per heavy atom. The van der Waals surface area contributed by atoms with Gasteiger partial charge >= 0.3 is 0 Å². The van der Waals surface area contributed by atoms with Crippen molar-refractivity contribution in [1.82, 2.24) is 9.97 Å². The maximum absolute atomic E-state index is 10.2. The van der Waals surface area contributed by atoms with E-state index in [0.29, 0.717) is 12.2 Å². The zero-order chi connectivity index (χ0) is 12.2. The molecule has 0 bridgehead atoms. The van der Waals surface area contributed by atoms with Crippen LogP contribution in [0.2, 0.25) is 0 Å². The number of aliphatic hydroxyl groups is 1. The highest BCUT2D eigenvalue weighted by molar-refractivity contribution is 5.09. The number of aromatic nitrogens is 2. The van der Waals surface area contributed by atoms with Crippen LogP contribution in [0.1, 0.15) is 39.4 Å². The minimum Gasteiger partial charge on any atom is -0.386 e. The smallest absolute Gasteiger partial charge is 0.115 e. The average Bonchev–Trinajstić information content (AvgIpc) is 2.25. The zero-order valence-electron chi connectivity index (χ0n) is 10.3. The second-order valence-electron chi connectivity index (χ2n) is 4.86. The van der Waals surface area contributed by atoms with Crippen LogP contribution < -0.4 is 0 Å². The van der Waals surface area contributed by atoms with Crippen LogP contribution in [0.4, 0.5) is 0 Å². The summed E-state index contributed by atoms with van der Waals surface area (Å²) in [5, 5.41) is 10.2. The third kappa shape index (κ3) is 3.25. The molecule has 0 saturated heterocycles. The number of hydrogen-bond acceptors (Lipinski definition) is 4. The van der Waals surface area contributed by atoms with E-state index in [0.717, 1.165) is 0 Å². The first-order valence-corrected chi connectivity index (χ1v) is 5.51. The zero-order valence-corrected chi connectivity index (χ0v) is 10.3. The molecule has 0 aliphatic heterocycles. The Bertz CT molecular complexity index is 309. The molecule has 0 radical (unpaired) electrons. The van der Waals surface area contributed by atoms with Crippen LogP contribution in [0.25, 0.3) is 0 Å². The fourth-order valence-corrected chi connectivity index (χ4v) is 1.63. The van der Waals surface area contributed by atoms with E-state index in [2.05, 4.69) is 9.97 Å². The molecule has 1 aromatic heterocycles. The van der Waals surface area contributed by atoms with Crippen molar-refractivity contribution in [3.05, 3.63) is 24.3 Å². The topological polar surface area (TPSA) is 55.2 Å². The summed E-state index contributed by atoms with van der Waals surface area (Å²) in [5.74, 6) is 0. The van der Waals surface area contributed by atoms with Gasteiger partial charge in [-0.2, -0.15) is 0 Å². The van der Waals surface area contributed by atoms with Crippen LogP contribution in [-0.4, -0.2) is 27.8 Å². The fourth-order valence-electron chi connectivity index (χ4n) is 1.63. The van der Waals surface area contributed by atoms with E-state index in [1.807, 2.05) is 27.7 Å². The van der Waals surface area contributed by atoms with Gasteiger partial charge in [-0.3, -0.25) is 0 Å². The first-order valence-electron chi connectivity index (χ1n) is 5.51. The molecule has 0 fully saturated rings. The van der Waals surface area contributed by atoms with Gasteiger partial charge in [-0.15, -0.1) is 0 Å². The van der Waals surface area contributed by atoms with E-state index in [1.54, 1.807) is 12.4 Å². The van der Waals surface area contributed by atoms with Crippen molar-refractivity contribution in [2.45, 2.75) is 39.9 Å². The Morgan fingerprint density at radius 3 is 2.31 bits per heavy atom. The lowest BCUT2D eigenvalue weighted by molar-refractivity contribution is -0.0900. The fraction of sp³-hybridized carbons (Fsp3) is 0.667. The highest BCUT2D eigenvalue weighted by atomic mass is 16.5. The molecule has 0 aromatic carbocycles. The van der Waals surface area contributed by atoms with Gasteiger partial charge in [0.1, 0.15) is 12.4 Å². The standard InChI is InChI=1S/C12H20N2O2/c1-5-16-11(12(2,3)4)10(15)9-6-13-8-14-7-9/h6-8,10-11,15H,5H2,1-4H3. The first kappa shape index (κ1) is 13.1. The molecule has 16 heavy (non-hydrogen) atoms. The minimum atomic E-state index is -0.693. The van der Waals surface area contributed by atoms with E-state index in [-0.39, 0.29) is 11.5 Å². The van der Waals surface area contributed by atoms with Crippen LogP contribution in [0, 0.1) is 5.41 Å². The third-order valence-electron chi connectivity index (χ3n) is 2.41. The van der Waals surface area contributed by atoms with Gasteiger partial charge in [-0.05, 0) is 12.3 Å². The van der Waals surface area contributed by atoms with Gasteiger partial charge in [-0.1, -0.05) is 20.8 Å². The molecule has 1 rings (SSSR count). The van der Waals surface area contributed by atoms with Gasteiger partial charge < -0.3 is 9.84 Å². The number of rotatable bonds is 4. The minimum absolute atomic E-state index is 0.134. The number of hydrogen-bond donors (Lipinski definition) is 1. The van der Waals surface area contributed by atoms with Crippen molar-refractivity contribution < 1.29 is 9.84 Å². The first-order chi connectivity index (χ1) is 7.46. The van der Waals surface area contributed by atoms with Crippen LogP contribution in [0.15, 0.2) is 18.7 Å². The van der Waals surface area contributed by atoms with Crippen molar-refractivity contribution in [2.24, 2.45) is 5.41 Å². The maximum Gasteiger partial charge on any atom is 0.115 e. The van der Waals surface area contributed by atoms with Gasteiger partial charge in [0.15, 0.2) is 0 Å². The van der Waals surface area contributed by atoms with Crippen LogP contribution in [0.3, 0.4) is 0 Å². The Kier molecular flexibility index (Phi) is 4.38. The van der Waals surface area contributed by atoms with E-state index in [9.17, 15) is 5.11 Å². The molecule has 2 atom stereocenters.